The van der Waals surface area contributed by atoms with Crippen LogP contribution in [0.3, 0.4) is 0 Å². The van der Waals surface area contributed by atoms with Gasteiger partial charge in [0.2, 0.25) is 0 Å². The number of carbonyl (C=O) groups is 2. The lowest BCUT2D eigenvalue weighted by atomic mass is 9.44. The van der Waals surface area contributed by atoms with Gasteiger partial charge in [0.25, 0.3) is 0 Å². The highest BCUT2D eigenvalue weighted by atomic mass is 16.1. The standard InChI is InChI=1S/C20H28O2/c1-6-19(4)9-7-14-13(12-19)15(21)11-16-18(2,3)17(22)8-10-20(14,16)5/h6,8,10,13-14,16H,1,7,9,11-12H2,2-5H3/t13-,14-,16-,19-,20+/m0/s1. The van der Waals surface area contributed by atoms with Gasteiger partial charge in [-0.15, -0.1) is 6.58 Å². The van der Waals surface area contributed by atoms with Gasteiger partial charge in [0.05, 0.1) is 0 Å². The second kappa shape index (κ2) is 4.66. The first-order valence-electron chi connectivity index (χ1n) is 8.54. The Morgan fingerprint density at radius 1 is 1.23 bits per heavy atom. The van der Waals surface area contributed by atoms with Gasteiger partial charge in [-0.1, -0.05) is 39.8 Å². The number of Topliss-reactive ketones (excluding diaryl/α,β-unsaturated/α-hetero) is 1. The molecule has 2 nitrogen and oxygen atoms in total. The van der Waals surface area contributed by atoms with Crippen LogP contribution in [-0.2, 0) is 9.59 Å². The normalized spacial score (nSPS) is 46.8. The van der Waals surface area contributed by atoms with Gasteiger partial charge in [-0.25, -0.2) is 0 Å². The Kier molecular flexibility index (Phi) is 3.33. The molecule has 0 aromatic carbocycles. The highest BCUT2D eigenvalue weighted by Crippen LogP contribution is 2.61. The van der Waals surface area contributed by atoms with Gasteiger partial charge in [0, 0.05) is 17.8 Å². The van der Waals surface area contributed by atoms with Crippen LogP contribution < -0.4 is 0 Å². The molecule has 0 radical (unpaired) electrons. The third-order valence-electron chi connectivity index (χ3n) is 7.16. The Morgan fingerprint density at radius 2 is 1.91 bits per heavy atom. The molecule has 2 fully saturated rings. The Morgan fingerprint density at radius 3 is 2.55 bits per heavy atom. The molecule has 2 saturated carbocycles. The topological polar surface area (TPSA) is 34.1 Å². The summed E-state index contributed by atoms with van der Waals surface area (Å²) in [6.07, 6.45) is 9.57. The van der Waals surface area contributed by atoms with Crippen LogP contribution in [0.4, 0.5) is 0 Å². The molecule has 0 aliphatic heterocycles. The lowest BCUT2D eigenvalue weighted by molar-refractivity contribution is -0.150. The van der Waals surface area contributed by atoms with Gasteiger partial charge in [-0.3, -0.25) is 9.59 Å². The fraction of sp³-hybridized carbons (Fsp3) is 0.700. The Balaban J connectivity index is 2.02. The van der Waals surface area contributed by atoms with E-state index in [2.05, 4.69) is 26.5 Å². The van der Waals surface area contributed by atoms with Crippen LogP contribution in [0.1, 0.15) is 53.4 Å². The molecule has 0 spiro atoms. The molecule has 3 rings (SSSR count). The molecule has 120 valence electrons. The molecule has 0 bridgehead atoms. The third kappa shape index (κ3) is 1.99. The summed E-state index contributed by atoms with van der Waals surface area (Å²) in [4.78, 5) is 25.2. The maximum Gasteiger partial charge on any atom is 0.161 e. The van der Waals surface area contributed by atoms with E-state index >= 15 is 0 Å². The van der Waals surface area contributed by atoms with Crippen molar-refractivity contribution in [3.63, 3.8) is 0 Å². The highest BCUT2D eigenvalue weighted by Gasteiger charge is 2.59. The first kappa shape index (κ1) is 15.7. The Bertz CT molecular complexity index is 570. The molecular weight excluding hydrogens is 272 g/mol. The van der Waals surface area contributed by atoms with Crippen molar-refractivity contribution in [1.29, 1.82) is 0 Å². The summed E-state index contributed by atoms with van der Waals surface area (Å²) in [5, 5.41) is 0. The first-order valence-corrected chi connectivity index (χ1v) is 8.54. The summed E-state index contributed by atoms with van der Waals surface area (Å²) < 4.78 is 0. The van der Waals surface area contributed by atoms with Gasteiger partial charge in [-0.05, 0) is 48.0 Å². The minimum atomic E-state index is -0.427. The van der Waals surface area contributed by atoms with Crippen molar-refractivity contribution in [2.75, 3.05) is 0 Å². The minimum absolute atomic E-state index is 0.0293. The van der Waals surface area contributed by atoms with Crippen molar-refractivity contribution in [2.45, 2.75) is 53.4 Å². The Hall–Kier alpha value is -1.18. The number of fused-ring (bicyclic) bond motifs is 3. The van der Waals surface area contributed by atoms with Crippen LogP contribution in [0.15, 0.2) is 24.8 Å². The van der Waals surface area contributed by atoms with E-state index in [1.165, 1.54) is 0 Å². The number of rotatable bonds is 1. The average Bonchev–Trinajstić information content (AvgIpc) is 2.47. The maximum absolute atomic E-state index is 12.9. The zero-order valence-electron chi connectivity index (χ0n) is 14.3. The molecule has 0 saturated heterocycles. The van der Waals surface area contributed by atoms with Gasteiger partial charge in [0.15, 0.2) is 5.78 Å². The predicted octanol–water partition coefficient (Wildman–Crippen LogP) is 4.36. The SMILES string of the molecule is C=C[C@@]1(C)CC[C@H]2[C@H](C1)C(=O)C[C@H]1C(C)(C)C(=O)C=C[C@]21C. The summed E-state index contributed by atoms with van der Waals surface area (Å²) in [7, 11) is 0. The molecule has 0 unspecified atom stereocenters. The molecule has 0 amide bonds. The van der Waals surface area contributed by atoms with E-state index < -0.39 is 5.41 Å². The van der Waals surface area contributed by atoms with E-state index in [0.717, 1.165) is 19.3 Å². The lowest BCUT2D eigenvalue weighted by Gasteiger charge is -2.58. The number of allylic oxidation sites excluding steroid dienone is 3. The predicted molar refractivity (Wildman–Crippen MR) is 88.3 cm³/mol. The van der Waals surface area contributed by atoms with Crippen molar-refractivity contribution < 1.29 is 9.59 Å². The number of hydrogen-bond acceptors (Lipinski definition) is 2. The molecule has 0 N–H and O–H groups in total. The number of ketones is 2. The quantitative estimate of drug-likeness (QED) is 0.674. The molecule has 3 aliphatic carbocycles. The van der Waals surface area contributed by atoms with Crippen molar-refractivity contribution in [3.8, 4) is 0 Å². The van der Waals surface area contributed by atoms with E-state index in [9.17, 15) is 9.59 Å². The summed E-state index contributed by atoms with van der Waals surface area (Å²) in [6.45, 7) is 12.5. The summed E-state index contributed by atoms with van der Waals surface area (Å²) in [5.74, 6) is 1.19. The van der Waals surface area contributed by atoms with Crippen molar-refractivity contribution >= 4 is 11.6 Å². The smallest absolute Gasteiger partial charge is 0.161 e. The van der Waals surface area contributed by atoms with E-state index in [1.54, 1.807) is 6.08 Å². The van der Waals surface area contributed by atoms with Gasteiger partial charge in [0.1, 0.15) is 5.78 Å². The summed E-state index contributed by atoms with van der Waals surface area (Å²) >= 11 is 0. The van der Waals surface area contributed by atoms with E-state index in [4.69, 9.17) is 0 Å². The average molecular weight is 300 g/mol. The fourth-order valence-corrected chi connectivity index (χ4v) is 5.45. The first-order chi connectivity index (χ1) is 10.1. The van der Waals surface area contributed by atoms with E-state index in [-0.39, 0.29) is 28.4 Å². The zero-order chi connectivity index (χ0) is 16.3. The van der Waals surface area contributed by atoms with Gasteiger partial charge in [-0.2, -0.15) is 0 Å². The molecule has 22 heavy (non-hydrogen) atoms. The van der Waals surface area contributed by atoms with Crippen LogP contribution in [0.5, 0.6) is 0 Å². The summed E-state index contributed by atoms with van der Waals surface area (Å²) in [6, 6.07) is 0. The largest absolute Gasteiger partial charge is 0.299 e. The molecule has 3 aliphatic rings. The monoisotopic (exact) mass is 300 g/mol. The molecule has 0 aromatic heterocycles. The molecular formula is C20H28O2. The second-order valence-corrected chi connectivity index (χ2v) is 8.82. The van der Waals surface area contributed by atoms with Crippen LogP contribution >= 0.6 is 0 Å². The number of carbonyl (C=O) groups excluding carboxylic acids is 2. The van der Waals surface area contributed by atoms with Crippen molar-refractivity contribution in [1.82, 2.24) is 0 Å². The van der Waals surface area contributed by atoms with Crippen molar-refractivity contribution in [3.05, 3.63) is 24.8 Å². The lowest BCUT2D eigenvalue weighted by Crippen LogP contribution is -2.57. The Labute approximate surface area is 134 Å². The van der Waals surface area contributed by atoms with Crippen LogP contribution in [0.2, 0.25) is 0 Å². The minimum Gasteiger partial charge on any atom is -0.299 e. The second-order valence-electron chi connectivity index (χ2n) is 8.82. The molecule has 2 heteroatoms. The van der Waals surface area contributed by atoms with E-state index in [0.29, 0.717) is 18.1 Å². The van der Waals surface area contributed by atoms with Crippen LogP contribution in [-0.4, -0.2) is 11.6 Å². The van der Waals surface area contributed by atoms with Crippen LogP contribution in [0, 0.1) is 34.0 Å². The van der Waals surface area contributed by atoms with Crippen LogP contribution in [0.25, 0.3) is 0 Å². The van der Waals surface area contributed by atoms with Crippen molar-refractivity contribution in [2.24, 2.45) is 34.0 Å². The molecule has 0 aromatic rings. The maximum atomic E-state index is 12.9. The fourth-order valence-electron chi connectivity index (χ4n) is 5.45. The summed E-state index contributed by atoms with van der Waals surface area (Å²) in [5.41, 5.74) is -0.369. The molecule has 0 heterocycles. The highest BCUT2D eigenvalue weighted by molar-refractivity contribution is 5.97. The number of hydrogen-bond donors (Lipinski definition) is 0. The molecule has 5 atom stereocenters. The van der Waals surface area contributed by atoms with E-state index in [1.807, 2.05) is 19.9 Å². The van der Waals surface area contributed by atoms with Gasteiger partial charge >= 0.3 is 0 Å². The zero-order valence-corrected chi connectivity index (χ0v) is 14.3. The van der Waals surface area contributed by atoms with Gasteiger partial charge < -0.3 is 0 Å². The third-order valence-corrected chi connectivity index (χ3v) is 7.16.